The van der Waals surface area contributed by atoms with Crippen LogP contribution in [-0.4, -0.2) is 16.1 Å². The van der Waals surface area contributed by atoms with Gasteiger partial charge in [0.25, 0.3) is 0 Å². The molecular weight excluding hydrogens is 256 g/mol. The van der Waals surface area contributed by atoms with Crippen molar-refractivity contribution in [1.29, 1.82) is 0 Å². The molecule has 1 aromatic rings. The molecule has 1 aromatic heterocycles. The first-order valence-corrected chi connectivity index (χ1v) is 7.46. The molecular formula is C15H22N2OS. The second-order valence-electron chi connectivity index (χ2n) is 5.29. The molecule has 2 rings (SSSR count). The van der Waals surface area contributed by atoms with Gasteiger partial charge in [-0.05, 0) is 36.5 Å². The molecule has 0 aromatic carbocycles. The molecule has 2 unspecified atom stereocenters. The van der Waals surface area contributed by atoms with E-state index in [2.05, 4.69) is 11.9 Å². The lowest BCUT2D eigenvalue weighted by molar-refractivity contribution is 0.00174. The first kappa shape index (κ1) is 14.4. The number of ether oxygens (including phenoxy) is 1. The van der Waals surface area contributed by atoms with Crippen molar-refractivity contribution in [2.75, 3.05) is 0 Å². The van der Waals surface area contributed by atoms with Gasteiger partial charge in [-0.15, -0.1) is 0 Å². The van der Waals surface area contributed by atoms with Crippen LogP contribution in [0.15, 0.2) is 18.3 Å². The van der Waals surface area contributed by atoms with Gasteiger partial charge in [0.15, 0.2) is 0 Å². The molecule has 2 N–H and O–H groups in total. The Balaban J connectivity index is 1.88. The van der Waals surface area contributed by atoms with Gasteiger partial charge in [-0.3, -0.25) is 4.98 Å². The average Bonchev–Trinajstić information content (AvgIpc) is 2.45. The van der Waals surface area contributed by atoms with Crippen LogP contribution in [0.1, 0.15) is 50.3 Å². The molecule has 0 aliphatic heterocycles. The third kappa shape index (κ3) is 4.25. The number of thiocarbonyl (C=S) groups is 1. The van der Waals surface area contributed by atoms with Crippen LogP contribution >= 0.6 is 12.2 Å². The van der Waals surface area contributed by atoms with Crippen molar-refractivity contribution < 1.29 is 4.74 Å². The molecule has 3 nitrogen and oxygen atoms in total. The summed E-state index contributed by atoms with van der Waals surface area (Å²) in [6, 6.07) is 3.88. The molecule has 1 aliphatic carbocycles. The van der Waals surface area contributed by atoms with Crippen LogP contribution in [0, 0.1) is 5.92 Å². The number of hydrogen-bond acceptors (Lipinski definition) is 3. The monoisotopic (exact) mass is 278 g/mol. The summed E-state index contributed by atoms with van der Waals surface area (Å²) in [7, 11) is 0. The third-order valence-electron chi connectivity index (χ3n) is 3.87. The number of hydrogen-bond donors (Lipinski definition) is 1. The van der Waals surface area contributed by atoms with Gasteiger partial charge in [0, 0.05) is 6.20 Å². The summed E-state index contributed by atoms with van der Waals surface area (Å²) < 4.78 is 6.02. The molecule has 0 spiro atoms. The van der Waals surface area contributed by atoms with Crippen LogP contribution in [0.4, 0.5) is 0 Å². The average molecular weight is 278 g/mol. The summed E-state index contributed by atoms with van der Waals surface area (Å²) in [6.45, 7) is 2.89. The highest BCUT2D eigenvalue weighted by Gasteiger charge is 2.21. The SMILES string of the molecule is CCC1CCCC(OCc2ccnc(C(N)=S)c2)C1. The van der Waals surface area contributed by atoms with Gasteiger partial charge in [-0.1, -0.05) is 38.4 Å². The maximum Gasteiger partial charge on any atom is 0.122 e. The van der Waals surface area contributed by atoms with Gasteiger partial charge >= 0.3 is 0 Å². The maximum atomic E-state index is 6.02. The van der Waals surface area contributed by atoms with E-state index >= 15 is 0 Å². The van der Waals surface area contributed by atoms with E-state index < -0.39 is 0 Å². The van der Waals surface area contributed by atoms with Crippen molar-refractivity contribution in [3.05, 3.63) is 29.6 Å². The van der Waals surface area contributed by atoms with E-state index in [9.17, 15) is 0 Å². The Kier molecular flexibility index (Phi) is 5.28. The molecule has 104 valence electrons. The van der Waals surface area contributed by atoms with Gasteiger partial charge in [0.2, 0.25) is 0 Å². The minimum atomic E-state index is 0.338. The Bertz CT molecular complexity index is 436. The lowest BCUT2D eigenvalue weighted by atomic mass is 9.85. The zero-order chi connectivity index (χ0) is 13.7. The largest absolute Gasteiger partial charge is 0.388 e. The summed E-state index contributed by atoms with van der Waals surface area (Å²) in [5, 5.41) is 0. The van der Waals surface area contributed by atoms with Gasteiger partial charge in [-0.2, -0.15) is 0 Å². The fourth-order valence-electron chi connectivity index (χ4n) is 2.68. The minimum absolute atomic E-state index is 0.338. The third-order valence-corrected chi connectivity index (χ3v) is 4.08. The van der Waals surface area contributed by atoms with Gasteiger partial charge in [0.1, 0.15) is 4.99 Å². The lowest BCUT2D eigenvalue weighted by Gasteiger charge is -2.28. The van der Waals surface area contributed by atoms with Crippen molar-refractivity contribution in [2.24, 2.45) is 11.7 Å². The Morgan fingerprint density at radius 2 is 2.37 bits per heavy atom. The van der Waals surface area contributed by atoms with Gasteiger partial charge in [0.05, 0.1) is 18.4 Å². The Morgan fingerprint density at radius 1 is 1.53 bits per heavy atom. The van der Waals surface area contributed by atoms with Crippen LogP contribution in [0.3, 0.4) is 0 Å². The minimum Gasteiger partial charge on any atom is -0.388 e. The second kappa shape index (κ2) is 6.96. The Labute approximate surface area is 120 Å². The summed E-state index contributed by atoms with van der Waals surface area (Å²) in [5.74, 6) is 0.836. The molecule has 0 amide bonds. The zero-order valence-corrected chi connectivity index (χ0v) is 12.3. The fraction of sp³-hybridized carbons (Fsp3) is 0.600. The molecule has 1 heterocycles. The Hall–Kier alpha value is -1.00. The van der Waals surface area contributed by atoms with Crippen molar-refractivity contribution in [1.82, 2.24) is 4.98 Å². The maximum absolute atomic E-state index is 6.02. The van der Waals surface area contributed by atoms with E-state index in [1.54, 1.807) is 6.20 Å². The van der Waals surface area contributed by atoms with Crippen LogP contribution in [0.2, 0.25) is 0 Å². The molecule has 0 radical (unpaired) electrons. The zero-order valence-electron chi connectivity index (χ0n) is 11.5. The van der Waals surface area contributed by atoms with E-state index in [0.717, 1.165) is 11.5 Å². The number of aromatic nitrogens is 1. The molecule has 2 atom stereocenters. The predicted molar refractivity (Wildman–Crippen MR) is 81.0 cm³/mol. The van der Waals surface area contributed by atoms with Crippen molar-refractivity contribution >= 4 is 17.2 Å². The highest BCUT2D eigenvalue weighted by molar-refractivity contribution is 7.80. The second-order valence-corrected chi connectivity index (χ2v) is 5.73. The quantitative estimate of drug-likeness (QED) is 0.840. The first-order chi connectivity index (χ1) is 9.19. The number of pyridine rings is 1. The van der Waals surface area contributed by atoms with Crippen molar-refractivity contribution in [3.8, 4) is 0 Å². The van der Waals surface area contributed by atoms with E-state index in [1.165, 1.54) is 32.1 Å². The molecule has 1 saturated carbocycles. The van der Waals surface area contributed by atoms with Crippen LogP contribution in [-0.2, 0) is 11.3 Å². The van der Waals surface area contributed by atoms with E-state index in [0.29, 0.717) is 23.4 Å². The molecule has 0 saturated heterocycles. The Morgan fingerprint density at radius 3 is 3.11 bits per heavy atom. The summed E-state index contributed by atoms with van der Waals surface area (Å²) >= 11 is 4.94. The molecule has 1 aliphatic rings. The number of nitrogens with two attached hydrogens (primary N) is 1. The van der Waals surface area contributed by atoms with Crippen molar-refractivity contribution in [3.63, 3.8) is 0 Å². The van der Waals surface area contributed by atoms with Gasteiger partial charge in [-0.25, -0.2) is 0 Å². The number of rotatable bonds is 5. The molecule has 4 heteroatoms. The van der Waals surface area contributed by atoms with Gasteiger partial charge < -0.3 is 10.5 Å². The van der Waals surface area contributed by atoms with Crippen LogP contribution in [0.25, 0.3) is 0 Å². The normalized spacial score (nSPS) is 23.2. The van der Waals surface area contributed by atoms with Crippen LogP contribution < -0.4 is 5.73 Å². The topological polar surface area (TPSA) is 48.1 Å². The lowest BCUT2D eigenvalue weighted by Crippen LogP contribution is -2.22. The highest BCUT2D eigenvalue weighted by Crippen LogP contribution is 2.28. The fourth-order valence-corrected chi connectivity index (χ4v) is 2.79. The molecule has 19 heavy (non-hydrogen) atoms. The summed E-state index contributed by atoms with van der Waals surface area (Å²) in [5.41, 5.74) is 7.35. The van der Waals surface area contributed by atoms with E-state index in [-0.39, 0.29) is 0 Å². The predicted octanol–water partition coefficient (Wildman–Crippen LogP) is 3.20. The summed E-state index contributed by atoms with van der Waals surface area (Å²) in [6.07, 6.45) is 8.44. The standard InChI is InChI=1S/C15H22N2OS/c1-2-11-4-3-5-13(8-11)18-10-12-6-7-17-14(9-12)15(16)19/h6-7,9,11,13H,2-5,8,10H2,1H3,(H2,16,19). The van der Waals surface area contributed by atoms with E-state index in [1.807, 2.05) is 12.1 Å². The summed E-state index contributed by atoms with van der Waals surface area (Å²) in [4.78, 5) is 4.48. The molecule has 1 fully saturated rings. The van der Waals surface area contributed by atoms with E-state index in [4.69, 9.17) is 22.7 Å². The first-order valence-electron chi connectivity index (χ1n) is 7.05. The number of nitrogens with zero attached hydrogens (tertiary/aromatic N) is 1. The van der Waals surface area contributed by atoms with Crippen molar-refractivity contribution in [2.45, 2.75) is 51.7 Å². The highest BCUT2D eigenvalue weighted by atomic mass is 32.1. The van der Waals surface area contributed by atoms with Crippen LogP contribution in [0.5, 0.6) is 0 Å². The smallest absolute Gasteiger partial charge is 0.122 e. The molecule has 0 bridgehead atoms.